The van der Waals surface area contributed by atoms with Gasteiger partial charge in [0.15, 0.2) is 0 Å². The van der Waals surface area contributed by atoms with Crippen molar-refractivity contribution in [3.63, 3.8) is 0 Å². The van der Waals surface area contributed by atoms with Crippen LogP contribution in [-0.2, 0) is 22.6 Å². The van der Waals surface area contributed by atoms with Gasteiger partial charge < -0.3 is 35.9 Å². The number of imidazole rings is 1. The summed E-state index contributed by atoms with van der Waals surface area (Å²) in [6.07, 6.45) is 2.95. The molecule has 2 unspecified atom stereocenters. The molecule has 0 bridgehead atoms. The highest BCUT2D eigenvalue weighted by Crippen LogP contribution is 2.32. The van der Waals surface area contributed by atoms with Crippen LogP contribution in [0.2, 0.25) is 0 Å². The summed E-state index contributed by atoms with van der Waals surface area (Å²) in [7, 11) is 0. The van der Waals surface area contributed by atoms with E-state index in [0.29, 0.717) is 45.3 Å². The van der Waals surface area contributed by atoms with Gasteiger partial charge in [0, 0.05) is 42.1 Å². The number of carbonyl (C=O) groups is 3. The molecule has 0 radical (unpaired) electrons. The van der Waals surface area contributed by atoms with Gasteiger partial charge in [0.05, 0.1) is 17.6 Å². The Balaban J connectivity index is 1.23. The van der Waals surface area contributed by atoms with Crippen molar-refractivity contribution in [1.29, 1.82) is 0 Å². The molecule has 4 aromatic rings. The number of urea groups is 1. The second-order valence-electron chi connectivity index (χ2n) is 11.5. The Morgan fingerprint density at radius 2 is 1.72 bits per heavy atom. The van der Waals surface area contributed by atoms with Gasteiger partial charge in [-0.3, -0.25) is 9.36 Å². The van der Waals surface area contributed by atoms with Crippen LogP contribution in [-0.4, -0.2) is 79.1 Å². The van der Waals surface area contributed by atoms with E-state index in [4.69, 9.17) is 5.73 Å². The van der Waals surface area contributed by atoms with Crippen molar-refractivity contribution in [1.82, 2.24) is 29.7 Å². The molecule has 6 rings (SSSR count). The second-order valence-corrected chi connectivity index (χ2v) is 11.5. The average Bonchev–Trinajstić information content (AvgIpc) is 3.55. The Morgan fingerprint density at radius 1 is 1.00 bits per heavy atom. The summed E-state index contributed by atoms with van der Waals surface area (Å²) >= 11 is 0. The van der Waals surface area contributed by atoms with E-state index in [1.807, 2.05) is 48.5 Å². The number of fused-ring (bicyclic) bond motifs is 4. The third-order valence-electron chi connectivity index (χ3n) is 8.84. The van der Waals surface area contributed by atoms with Gasteiger partial charge in [0.2, 0.25) is 5.91 Å². The number of unbranched alkanes of at least 4 members (excludes halogenated alkanes) is 1. The normalized spacial score (nSPS) is 18.1. The van der Waals surface area contributed by atoms with Crippen molar-refractivity contribution in [3.05, 3.63) is 70.3 Å². The lowest BCUT2D eigenvalue weighted by atomic mass is 9.95. The molecule has 2 aromatic carbocycles. The Kier molecular flexibility index (Phi) is 7.94. The SMILES string of the molecule is NCCCCC(NC(=O)C1Cc2c([nH]c3ccccc23)CN1C(=O)N1CCC(n2c(=O)[nH]c3ccccc32)CC1)C(=O)O. The highest BCUT2D eigenvalue weighted by atomic mass is 16.4. The number of H-pyrrole nitrogens is 2. The number of piperidine rings is 1. The highest BCUT2D eigenvalue weighted by molar-refractivity contribution is 5.93. The number of aromatic amines is 2. The van der Waals surface area contributed by atoms with Crippen LogP contribution in [0, 0.1) is 0 Å². The van der Waals surface area contributed by atoms with Crippen LogP contribution in [0.5, 0.6) is 0 Å². The number of nitrogens with one attached hydrogen (secondary N) is 3. The molecular weight excluding hydrogens is 550 g/mol. The van der Waals surface area contributed by atoms with Crippen LogP contribution in [0.25, 0.3) is 21.9 Å². The number of carboxylic acid groups (broad SMARTS) is 1. The third kappa shape index (κ3) is 5.50. The van der Waals surface area contributed by atoms with Crippen LogP contribution in [0.4, 0.5) is 4.79 Å². The quantitative estimate of drug-likeness (QED) is 0.199. The number of nitrogens with zero attached hydrogens (tertiary/aromatic N) is 3. The van der Waals surface area contributed by atoms with Gasteiger partial charge in [-0.05, 0) is 62.4 Å². The topological polar surface area (TPSA) is 170 Å². The molecule has 12 nitrogen and oxygen atoms in total. The predicted octanol–water partition coefficient (Wildman–Crippen LogP) is 2.69. The standard InChI is InChI=1S/C31H37N7O5/c32-14-6-5-10-24(29(40)41)34-28(39)27-17-21-20-7-1-2-8-22(20)33-25(21)18-37(27)31(43)36-15-12-19(13-16-36)38-26-11-4-3-9-23(26)35-30(38)42/h1-4,7-9,11,19,24,27,33H,5-6,10,12-18,32H2,(H,34,39)(H,35,42)(H,40,41). The maximum atomic E-state index is 14.0. The second kappa shape index (κ2) is 12.0. The van der Waals surface area contributed by atoms with Crippen molar-refractivity contribution in [2.75, 3.05) is 19.6 Å². The summed E-state index contributed by atoms with van der Waals surface area (Å²) in [5.74, 6) is -1.59. The highest BCUT2D eigenvalue weighted by Gasteiger charge is 2.40. The lowest BCUT2D eigenvalue weighted by molar-refractivity contribution is -0.142. The van der Waals surface area contributed by atoms with Gasteiger partial charge in [0.25, 0.3) is 0 Å². The smallest absolute Gasteiger partial charge is 0.326 e. The molecule has 4 heterocycles. The number of aromatic nitrogens is 3. The van der Waals surface area contributed by atoms with Gasteiger partial charge in [0.1, 0.15) is 12.1 Å². The fraction of sp³-hybridized carbons (Fsp3) is 0.419. The number of hydrogen-bond acceptors (Lipinski definition) is 5. The number of rotatable bonds is 8. The number of carboxylic acids is 1. The van der Waals surface area contributed by atoms with Crippen molar-refractivity contribution in [3.8, 4) is 0 Å². The average molecular weight is 588 g/mol. The molecule has 2 atom stereocenters. The van der Waals surface area contributed by atoms with E-state index >= 15 is 0 Å². The molecule has 6 N–H and O–H groups in total. The van der Waals surface area contributed by atoms with Crippen LogP contribution in [0.1, 0.15) is 49.4 Å². The zero-order valence-corrected chi connectivity index (χ0v) is 23.9. The number of nitrogens with two attached hydrogens (primary N) is 1. The molecule has 43 heavy (non-hydrogen) atoms. The van der Waals surface area contributed by atoms with E-state index in [1.165, 1.54) is 0 Å². The first-order chi connectivity index (χ1) is 20.9. The van der Waals surface area contributed by atoms with Crippen LogP contribution < -0.4 is 16.7 Å². The molecule has 226 valence electrons. The summed E-state index contributed by atoms with van der Waals surface area (Å²) in [4.78, 5) is 62.1. The number of para-hydroxylation sites is 3. The molecule has 0 saturated carbocycles. The zero-order chi connectivity index (χ0) is 30.1. The number of aliphatic carboxylic acids is 1. The first-order valence-electron chi connectivity index (χ1n) is 14.9. The minimum absolute atomic E-state index is 0.0571. The van der Waals surface area contributed by atoms with Crippen LogP contribution in [0.3, 0.4) is 0 Å². The van der Waals surface area contributed by atoms with E-state index in [-0.39, 0.29) is 37.1 Å². The van der Waals surface area contributed by atoms with Gasteiger partial charge in [-0.1, -0.05) is 30.3 Å². The van der Waals surface area contributed by atoms with Crippen LogP contribution >= 0.6 is 0 Å². The van der Waals surface area contributed by atoms with Crippen molar-refractivity contribution < 1.29 is 19.5 Å². The number of carbonyl (C=O) groups excluding carboxylic acids is 2. The van der Waals surface area contributed by atoms with Crippen molar-refractivity contribution in [2.24, 2.45) is 5.73 Å². The third-order valence-corrected chi connectivity index (χ3v) is 8.84. The molecule has 2 aromatic heterocycles. The lowest BCUT2D eigenvalue weighted by Crippen LogP contribution is -2.58. The summed E-state index contributed by atoms with van der Waals surface area (Å²) in [5.41, 5.74) is 9.80. The molecule has 2 aliphatic heterocycles. The molecule has 12 heteroatoms. The Bertz CT molecular complexity index is 1710. The minimum Gasteiger partial charge on any atom is -0.480 e. The summed E-state index contributed by atoms with van der Waals surface area (Å²) in [5, 5.41) is 13.5. The summed E-state index contributed by atoms with van der Waals surface area (Å²) in [6, 6.07) is 13.1. The molecule has 1 saturated heterocycles. The number of amides is 3. The number of benzene rings is 2. The molecule has 2 aliphatic rings. The maximum Gasteiger partial charge on any atom is 0.326 e. The van der Waals surface area contributed by atoms with Crippen molar-refractivity contribution >= 4 is 39.8 Å². The predicted molar refractivity (Wildman–Crippen MR) is 162 cm³/mol. The Hall–Kier alpha value is -4.58. The Morgan fingerprint density at radius 3 is 2.47 bits per heavy atom. The summed E-state index contributed by atoms with van der Waals surface area (Å²) in [6.45, 7) is 1.50. The minimum atomic E-state index is -1.11. The zero-order valence-electron chi connectivity index (χ0n) is 23.9. The van der Waals surface area contributed by atoms with E-state index < -0.39 is 24.0 Å². The first-order valence-corrected chi connectivity index (χ1v) is 14.9. The van der Waals surface area contributed by atoms with Crippen LogP contribution in [0.15, 0.2) is 53.3 Å². The molecule has 1 fully saturated rings. The van der Waals surface area contributed by atoms with E-state index in [9.17, 15) is 24.3 Å². The molecule has 0 spiro atoms. The number of hydrogen-bond donors (Lipinski definition) is 5. The first kappa shape index (κ1) is 28.5. The fourth-order valence-corrected chi connectivity index (χ4v) is 6.60. The molecule has 0 aliphatic carbocycles. The maximum absolute atomic E-state index is 14.0. The monoisotopic (exact) mass is 587 g/mol. The fourth-order valence-electron chi connectivity index (χ4n) is 6.60. The largest absolute Gasteiger partial charge is 0.480 e. The molecule has 3 amide bonds. The summed E-state index contributed by atoms with van der Waals surface area (Å²) < 4.78 is 1.78. The van der Waals surface area contributed by atoms with E-state index in [1.54, 1.807) is 14.4 Å². The van der Waals surface area contributed by atoms with Crippen molar-refractivity contribution in [2.45, 2.75) is 63.2 Å². The van der Waals surface area contributed by atoms with Gasteiger partial charge in [-0.2, -0.15) is 0 Å². The van der Waals surface area contributed by atoms with E-state index in [0.717, 1.165) is 33.2 Å². The Labute approximate surface area is 247 Å². The van der Waals surface area contributed by atoms with Gasteiger partial charge >= 0.3 is 17.7 Å². The number of likely N-dealkylation sites (tertiary alicyclic amines) is 1. The van der Waals surface area contributed by atoms with Gasteiger partial charge in [-0.25, -0.2) is 14.4 Å². The van der Waals surface area contributed by atoms with Gasteiger partial charge in [-0.15, -0.1) is 0 Å². The molecular formula is C31H37N7O5. The van der Waals surface area contributed by atoms with E-state index in [2.05, 4.69) is 15.3 Å². The lowest BCUT2D eigenvalue weighted by Gasteiger charge is -2.40.